The van der Waals surface area contributed by atoms with E-state index in [4.69, 9.17) is 11.6 Å². The normalized spacial score (nSPS) is 15.3. The third-order valence-electron chi connectivity index (χ3n) is 2.78. The second-order valence-corrected chi connectivity index (χ2v) is 4.83. The molecule has 1 aromatic carbocycles. The van der Waals surface area contributed by atoms with Gasteiger partial charge in [0.25, 0.3) is 0 Å². The molecule has 0 fully saturated rings. The minimum absolute atomic E-state index is 0.125. The van der Waals surface area contributed by atoms with Crippen LogP contribution in [0.25, 0.3) is 0 Å². The summed E-state index contributed by atoms with van der Waals surface area (Å²) in [7, 11) is 0. The van der Waals surface area contributed by atoms with Gasteiger partial charge in [0, 0.05) is 17.6 Å². The van der Waals surface area contributed by atoms with Gasteiger partial charge in [0.2, 0.25) is 0 Å². The fourth-order valence-corrected chi connectivity index (χ4v) is 1.78. The fourth-order valence-electron chi connectivity index (χ4n) is 1.66. The van der Waals surface area contributed by atoms with Crippen molar-refractivity contribution in [3.63, 3.8) is 0 Å². The lowest BCUT2D eigenvalue weighted by Gasteiger charge is -2.22. The Morgan fingerprint density at radius 2 is 1.84 bits per heavy atom. The minimum Gasteiger partial charge on any atom is -0.392 e. The van der Waals surface area contributed by atoms with Gasteiger partial charge in [-0.25, -0.2) is 0 Å². The van der Waals surface area contributed by atoms with Crippen molar-refractivity contribution in [2.75, 3.05) is 6.54 Å². The molecule has 0 aliphatic carbocycles. The van der Waals surface area contributed by atoms with Gasteiger partial charge in [-0.05, 0) is 24.1 Å². The van der Waals surface area contributed by atoms with Crippen molar-refractivity contribution in [1.82, 2.24) is 5.32 Å². The van der Waals surface area contributed by atoms with Crippen LogP contribution < -0.4 is 5.32 Å². The first-order chi connectivity index (χ1) is 8.81. The highest BCUT2D eigenvalue weighted by Crippen LogP contribution is 2.30. The molecule has 0 saturated heterocycles. The summed E-state index contributed by atoms with van der Waals surface area (Å²) in [6, 6.07) is 5.35. The lowest BCUT2D eigenvalue weighted by atomic mass is 10.0. The number of nitrogens with one attached hydrogen (secondary N) is 1. The van der Waals surface area contributed by atoms with E-state index in [1.807, 2.05) is 0 Å². The number of hydrogen-bond donors (Lipinski definition) is 2. The topological polar surface area (TPSA) is 32.3 Å². The summed E-state index contributed by atoms with van der Waals surface area (Å²) in [4.78, 5) is 0. The second-order valence-electron chi connectivity index (χ2n) is 4.39. The summed E-state index contributed by atoms with van der Waals surface area (Å²) < 4.78 is 37.6. The Kier molecular flexibility index (Phi) is 6.10. The minimum atomic E-state index is -4.27. The standard InChI is InChI=1S/C13H17ClF3NO/c1-2-11(19)8-18-12(7-13(15,16)17)9-3-5-10(14)6-4-9/h3-6,11-12,18-19H,2,7-8H2,1H3/t11-,12?/m1/s1. The third-order valence-corrected chi connectivity index (χ3v) is 3.03. The number of aliphatic hydroxyl groups is 1. The first-order valence-corrected chi connectivity index (χ1v) is 6.43. The number of rotatable bonds is 6. The van der Waals surface area contributed by atoms with Crippen molar-refractivity contribution in [1.29, 1.82) is 0 Å². The van der Waals surface area contributed by atoms with Crippen LogP contribution in [-0.2, 0) is 0 Å². The Balaban J connectivity index is 2.76. The molecule has 1 unspecified atom stereocenters. The van der Waals surface area contributed by atoms with E-state index in [0.717, 1.165) is 0 Å². The molecule has 0 spiro atoms. The molecule has 0 aliphatic rings. The van der Waals surface area contributed by atoms with Gasteiger partial charge in [-0.15, -0.1) is 0 Å². The van der Waals surface area contributed by atoms with E-state index in [0.29, 0.717) is 17.0 Å². The molecule has 19 heavy (non-hydrogen) atoms. The Labute approximate surface area is 115 Å². The van der Waals surface area contributed by atoms with Gasteiger partial charge in [-0.2, -0.15) is 13.2 Å². The molecule has 0 aromatic heterocycles. The van der Waals surface area contributed by atoms with Gasteiger partial charge in [-0.3, -0.25) is 0 Å². The molecule has 0 amide bonds. The van der Waals surface area contributed by atoms with Crippen LogP contribution in [0.15, 0.2) is 24.3 Å². The van der Waals surface area contributed by atoms with Crippen molar-refractivity contribution in [2.24, 2.45) is 0 Å². The van der Waals surface area contributed by atoms with E-state index in [1.165, 1.54) is 0 Å². The monoisotopic (exact) mass is 295 g/mol. The molecule has 1 aromatic rings. The average Bonchev–Trinajstić information content (AvgIpc) is 2.33. The Morgan fingerprint density at radius 1 is 1.26 bits per heavy atom. The summed E-state index contributed by atoms with van der Waals surface area (Å²) in [6.07, 6.45) is -5.41. The number of benzene rings is 1. The smallest absolute Gasteiger partial charge is 0.390 e. The van der Waals surface area contributed by atoms with E-state index in [9.17, 15) is 18.3 Å². The zero-order valence-electron chi connectivity index (χ0n) is 10.5. The highest BCUT2D eigenvalue weighted by molar-refractivity contribution is 6.30. The number of alkyl halides is 3. The van der Waals surface area contributed by atoms with Gasteiger partial charge in [0.05, 0.1) is 12.5 Å². The average molecular weight is 296 g/mol. The van der Waals surface area contributed by atoms with Crippen LogP contribution in [0.5, 0.6) is 0 Å². The summed E-state index contributed by atoms with van der Waals surface area (Å²) >= 11 is 5.72. The molecule has 2 atom stereocenters. The van der Waals surface area contributed by atoms with Crippen molar-refractivity contribution in [3.05, 3.63) is 34.9 Å². The van der Waals surface area contributed by atoms with Crippen LogP contribution in [0.2, 0.25) is 5.02 Å². The largest absolute Gasteiger partial charge is 0.392 e. The van der Waals surface area contributed by atoms with Gasteiger partial charge in [0.1, 0.15) is 0 Å². The number of hydrogen-bond acceptors (Lipinski definition) is 2. The predicted molar refractivity (Wildman–Crippen MR) is 69.2 cm³/mol. The lowest BCUT2D eigenvalue weighted by Crippen LogP contribution is -2.32. The lowest BCUT2D eigenvalue weighted by molar-refractivity contribution is -0.140. The molecule has 0 radical (unpaired) electrons. The third kappa shape index (κ3) is 6.27. The van der Waals surface area contributed by atoms with Crippen LogP contribution in [0.1, 0.15) is 31.4 Å². The molecule has 0 saturated carbocycles. The SMILES string of the molecule is CC[C@@H](O)CNC(CC(F)(F)F)c1ccc(Cl)cc1. The molecular formula is C13H17ClF3NO. The molecule has 0 aliphatic heterocycles. The first kappa shape index (κ1) is 16.3. The molecular weight excluding hydrogens is 279 g/mol. The Morgan fingerprint density at radius 3 is 2.32 bits per heavy atom. The van der Waals surface area contributed by atoms with Gasteiger partial charge >= 0.3 is 6.18 Å². The molecule has 108 valence electrons. The summed E-state index contributed by atoms with van der Waals surface area (Å²) in [5.74, 6) is 0. The highest BCUT2D eigenvalue weighted by Gasteiger charge is 2.32. The summed E-state index contributed by atoms with van der Waals surface area (Å²) in [5, 5.41) is 12.7. The molecule has 0 bridgehead atoms. The van der Waals surface area contributed by atoms with Gasteiger partial charge in [0.15, 0.2) is 0 Å². The first-order valence-electron chi connectivity index (χ1n) is 6.05. The van der Waals surface area contributed by atoms with E-state index >= 15 is 0 Å². The van der Waals surface area contributed by atoms with Crippen molar-refractivity contribution >= 4 is 11.6 Å². The Hall–Kier alpha value is -0.780. The molecule has 2 nitrogen and oxygen atoms in total. The molecule has 1 rings (SSSR count). The highest BCUT2D eigenvalue weighted by atomic mass is 35.5. The van der Waals surface area contributed by atoms with E-state index in [1.54, 1.807) is 31.2 Å². The molecule has 0 heterocycles. The second kappa shape index (κ2) is 7.12. The van der Waals surface area contributed by atoms with Crippen molar-refractivity contribution in [3.8, 4) is 0 Å². The van der Waals surface area contributed by atoms with E-state index in [2.05, 4.69) is 5.32 Å². The van der Waals surface area contributed by atoms with Crippen LogP contribution in [-0.4, -0.2) is 23.9 Å². The van der Waals surface area contributed by atoms with Gasteiger partial charge in [-0.1, -0.05) is 30.7 Å². The molecule has 2 N–H and O–H groups in total. The van der Waals surface area contributed by atoms with Crippen LogP contribution >= 0.6 is 11.6 Å². The maximum absolute atomic E-state index is 12.5. The molecule has 6 heteroatoms. The van der Waals surface area contributed by atoms with Crippen molar-refractivity contribution < 1.29 is 18.3 Å². The fraction of sp³-hybridized carbons (Fsp3) is 0.538. The maximum atomic E-state index is 12.5. The quantitative estimate of drug-likeness (QED) is 0.839. The van der Waals surface area contributed by atoms with Crippen LogP contribution in [0.4, 0.5) is 13.2 Å². The van der Waals surface area contributed by atoms with Crippen molar-refractivity contribution in [2.45, 2.75) is 38.1 Å². The number of aliphatic hydroxyl groups excluding tert-OH is 1. The Bertz CT molecular complexity index is 380. The predicted octanol–water partition coefficient (Wildman–Crippen LogP) is 3.69. The van der Waals surface area contributed by atoms with Gasteiger partial charge < -0.3 is 10.4 Å². The summed E-state index contributed by atoms with van der Waals surface area (Å²) in [5.41, 5.74) is 0.505. The number of halogens is 4. The summed E-state index contributed by atoms with van der Waals surface area (Å²) in [6.45, 7) is 1.90. The van der Waals surface area contributed by atoms with E-state index in [-0.39, 0.29) is 6.54 Å². The van der Waals surface area contributed by atoms with Crippen LogP contribution in [0, 0.1) is 0 Å². The van der Waals surface area contributed by atoms with Crippen LogP contribution in [0.3, 0.4) is 0 Å². The maximum Gasteiger partial charge on any atom is 0.390 e. The zero-order chi connectivity index (χ0) is 14.5. The zero-order valence-corrected chi connectivity index (χ0v) is 11.3. The van der Waals surface area contributed by atoms with E-state index < -0.39 is 24.7 Å².